The number of nitrogens with zero attached hydrogens (tertiary/aromatic N) is 1. The second-order valence-corrected chi connectivity index (χ2v) is 9.55. The van der Waals surface area contributed by atoms with Crippen LogP contribution in [0.4, 0.5) is 4.79 Å². The SMILES string of the molecule is COC(=O)c1ccc([C@@H]2C[C@@H](OCCOS(C)(=O)=O)CCN2C(=O)OCc2ccccc2)cc1. The lowest BCUT2D eigenvalue weighted by Crippen LogP contribution is -2.43. The van der Waals surface area contributed by atoms with E-state index in [0.29, 0.717) is 24.9 Å². The summed E-state index contributed by atoms with van der Waals surface area (Å²) in [6, 6.07) is 15.9. The highest BCUT2D eigenvalue weighted by Crippen LogP contribution is 2.33. The number of esters is 1. The van der Waals surface area contributed by atoms with Gasteiger partial charge in [0, 0.05) is 6.54 Å². The van der Waals surface area contributed by atoms with Crippen LogP contribution in [-0.2, 0) is 35.1 Å². The van der Waals surface area contributed by atoms with Gasteiger partial charge in [-0.3, -0.25) is 4.18 Å². The van der Waals surface area contributed by atoms with Crippen molar-refractivity contribution in [1.29, 1.82) is 0 Å². The van der Waals surface area contributed by atoms with E-state index in [1.807, 2.05) is 30.3 Å². The number of benzene rings is 2. The number of carbonyl (C=O) groups is 2. The number of ether oxygens (including phenoxy) is 3. The number of piperidine rings is 1. The third kappa shape index (κ3) is 7.54. The van der Waals surface area contributed by atoms with E-state index in [0.717, 1.165) is 17.4 Å². The summed E-state index contributed by atoms with van der Waals surface area (Å²) in [5, 5.41) is 0. The van der Waals surface area contributed by atoms with Gasteiger partial charge in [-0.25, -0.2) is 9.59 Å². The van der Waals surface area contributed by atoms with Crippen molar-refractivity contribution < 1.29 is 36.4 Å². The van der Waals surface area contributed by atoms with E-state index in [2.05, 4.69) is 0 Å². The molecule has 0 radical (unpaired) electrons. The van der Waals surface area contributed by atoms with Gasteiger partial charge in [0.2, 0.25) is 0 Å². The van der Waals surface area contributed by atoms with Gasteiger partial charge in [0.25, 0.3) is 10.1 Å². The van der Waals surface area contributed by atoms with Crippen LogP contribution in [0.15, 0.2) is 54.6 Å². The number of carbonyl (C=O) groups excluding carboxylic acids is 2. The molecule has 0 aliphatic carbocycles. The smallest absolute Gasteiger partial charge is 0.410 e. The molecular weight excluding hydrogens is 462 g/mol. The van der Waals surface area contributed by atoms with Gasteiger partial charge < -0.3 is 19.1 Å². The van der Waals surface area contributed by atoms with Gasteiger partial charge in [0.1, 0.15) is 6.61 Å². The molecule has 1 amide bonds. The second kappa shape index (κ2) is 12.0. The van der Waals surface area contributed by atoms with Crippen molar-refractivity contribution >= 4 is 22.2 Å². The zero-order valence-electron chi connectivity index (χ0n) is 19.2. The molecule has 2 atom stereocenters. The Hall–Kier alpha value is -2.95. The lowest BCUT2D eigenvalue weighted by molar-refractivity contribution is -0.0247. The molecule has 2 aromatic carbocycles. The minimum atomic E-state index is -3.53. The fraction of sp³-hybridized carbons (Fsp3) is 0.417. The van der Waals surface area contributed by atoms with E-state index in [9.17, 15) is 18.0 Å². The van der Waals surface area contributed by atoms with E-state index in [-0.39, 0.29) is 32.0 Å². The Kier molecular flexibility index (Phi) is 9.03. The normalized spacial score (nSPS) is 18.4. The van der Waals surface area contributed by atoms with Crippen LogP contribution in [-0.4, -0.2) is 64.6 Å². The molecule has 1 saturated heterocycles. The summed E-state index contributed by atoms with van der Waals surface area (Å²) in [6.07, 6.45) is 1.39. The average molecular weight is 492 g/mol. The van der Waals surface area contributed by atoms with Crippen molar-refractivity contribution in [2.45, 2.75) is 31.6 Å². The van der Waals surface area contributed by atoms with Gasteiger partial charge >= 0.3 is 12.1 Å². The van der Waals surface area contributed by atoms with Crippen LogP contribution in [0.5, 0.6) is 0 Å². The second-order valence-electron chi connectivity index (χ2n) is 7.91. The molecular formula is C24H29NO8S. The maximum Gasteiger partial charge on any atom is 0.410 e. The highest BCUT2D eigenvalue weighted by Gasteiger charge is 2.34. The molecule has 0 unspecified atom stereocenters. The number of hydrogen-bond acceptors (Lipinski definition) is 8. The van der Waals surface area contributed by atoms with E-state index in [4.69, 9.17) is 18.4 Å². The lowest BCUT2D eigenvalue weighted by Gasteiger charge is -2.39. The van der Waals surface area contributed by atoms with Crippen LogP contribution < -0.4 is 0 Å². The monoisotopic (exact) mass is 491 g/mol. The van der Waals surface area contributed by atoms with Crippen LogP contribution >= 0.6 is 0 Å². The zero-order valence-corrected chi connectivity index (χ0v) is 20.0. The van der Waals surface area contributed by atoms with E-state index < -0.39 is 22.2 Å². The summed E-state index contributed by atoms with van der Waals surface area (Å²) in [4.78, 5) is 26.4. The molecule has 0 bridgehead atoms. The van der Waals surface area contributed by atoms with Crippen LogP contribution in [0.3, 0.4) is 0 Å². The molecule has 0 aromatic heterocycles. The minimum absolute atomic E-state index is 0.0728. The van der Waals surface area contributed by atoms with Crippen LogP contribution in [0, 0.1) is 0 Å². The summed E-state index contributed by atoms with van der Waals surface area (Å²) in [5.74, 6) is -0.443. The maximum atomic E-state index is 13.0. The molecule has 3 rings (SSSR count). The first kappa shape index (κ1) is 25.7. The molecule has 0 spiro atoms. The average Bonchev–Trinajstić information content (AvgIpc) is 2.84. The van der Waals surface area contributed by atoms with Gasteiger partial charge in [-0.1, -0.05) is 42.5 Å². The first-order valence-electron chi connectivity index (χ1n) is 10.9. The molecule has 2 aromatic rings. The molecule has 1 heterocycles. The van der Waals surface area contributed by atoms with Gasteiger partial charge in [0.15, 0.2) is 0 Å². The summed E-state index contributed by atoms with van der Waals surface area (Å²) in [7, 11) is -2.21. The molecule has 10 heteroatoms. The number of likely N-dealkylation sites (tertiary alicyclic amines) is 1. The molecule has 0 saturated carbocycles. The van der Waals surface area contributed by atoms with Gasteiger partial charge in [-0.05, 0) is 36.1 Å². The predicted molar refractivity (Wildman–Crippen MR) is 124 cm³/mol. The Morgan fingerprint density at radius 1 is 1.03 bits per heavy atom. The molecule has 184 valence electrons. The topological polar surface area (TPSA) is 108 Å². The number of methoxy groups -OCH3 is 1. The fourth-order valence-corrected chi connectivity index (χ4v) is 4.15. The molecule has 34 heavy (non-hydrogen) atoms. The Balaban J connectivity index is 1.69. The Morgan fingerprint density at radius 2 is 1.74 bits per heavy atom. The first-order chi connectivity index (χ1) is 16.3. The Morgan fingerprint density at radius 3 is 2.38 bits per heavy atom. The summed E-state index contributed by atoms with van der Waals surface area (Å²) >= 11 is 0. The third-order valence-corrected chi connectivity index (χ3v) is 6.04. The Bertz CT molecular complexity index is 1060. The van der Waals surface area contributed by atoms with Crippen molar-refractivity contribution in [2.75, 3.05) is 33.1 Å². The third-order valence-electron chi connectivity index (χ3n) is 5.44. The summed E-state index contributed by atoms with van der Waals surface area (Å²) in [5.41, 5.74) is 2.12. The maximum absolute atomic E-state index is 13.0. The van der Waals surface area contributed by atoms with E-state index >= 15 is 0 Å². The predicted octanol–water partition coefficient (Wildman–Crippen LogP) is 3.31. The fourth-order valence-electron chi connectivity index (χ4n) is 3.78. The van der Waals surface area contributed by atoms with E-state index in [1.165, 1.54) is 7.11 Å². The molecule has 1 aliphatic heterocycles. The van der Waals surface area contributed by atoms with Crippen molar-refractivity contribution in [3.05, 3.63) is 71.3 Å². The molecule has 1 aliphatic rings. The van der Waals surface area contributed by atoms with Gasteiger partial charge in [-0.2, -0.15) is 8.42 Å². The highest BCUT2D eigenvalue weighted by atomic mass is 32.2. The number of rotatable bonds is 9. The lowest BCUT2D eigenvalue weighted by atomic mass is 9.93. The van der Waals surface area contributed by atoms with Crippen LogP contribution in [0.25, 0.3) is 0 Å². The molecule has 1 fully saturated rings. The number of hydrogen-bond donors (Lipinski definition) is 0. The standard InChI is InChI=1S/C24H29NO8S/c1-30-23(26)20-10-8-19(9-11-20)22-16-21(31-14-15-33-34(2,28)29)12-13-25(22)24(27)32-17-18-6-4-3-5-7-18/h3-11,21-22H,12-17H2,1-2H3/t21-,22-/m0/s1. The van der Waals surface area contributed by atoms with E-state index in [1.54, 1.807) is 29.2 Å². The van der Waals surface area contributed by atoms with Crippen molar-refractivity contribution in [3.8, 4) is 0 Å². The van der Waals surface area contributed by atoms with Crippen LogP contribution in [0.2, 0.25) is 0 Å². The minimum Gasteiger partial charge on any atom is -0.465 e. The molecule has 0 N–H and O–H groups in total. The highest BCUT2D eigenvalue weighted by molar-refractivity contribution is 7.85. The largest absolute Gasteiger partial charge is 0.465 e. The van der Waals surface area contributed by atoms with Crippen LogP contribution in [0.1, 0.15) is 40.4 Å². The quantitative estimate of drug-likeness (QED) is 0.299. The van der Waals surface area contributed by atoms with Gasteiger partial charge in [-0.15, -0.1) is 0 Å². The first-order valence-corrected chi connectivity index (χ1v) is 12.7. The van der Waals surface area contributed by atoms with Crippen molar-refractivity contribution in [3.63, 3.8) is 0 Å². The van der Waals surface area contributed by atoms with Crippen molar-refractivity contribution in [1.82, 2.24) is 4.90 Å². The molecule has 9 nitrogen and oxygen atoms in total. The Labute approximate surface area is 199 Å². The summed E-state index contributed by atoms with van der Waals surface area (Å²) < 4.78 is 43.1. The summed E-state index contributed by atoms with van der Waals surface area (Å²) in [6.45, 7) is 0.600. The van der Waals surface area contributed by atoms with Gasteiger partial charge in [0.05, 0.1) is 44.3 Å². The number of amides is 1. The zero-order chi connectivity index (χ0) is 24.6. The van der Waals surface area contributed by atoms with Crippen molar-refractivity contribution in [2.24, 2.45) is 0 Å².